The fraction of sp³-hybridized carbons (Fsp3) is 0.292. The molecule has 1 aliphatic heterocycles. The van der Waals surface area contributed by atoms with Crippen LogP contribution in [0.15, 0.2) is 45.6 Å². The van der Waals surface area contributed by atoms with Gasteiger partial charge in [-0.2, -0.15) is 0 Å². The summed E-state index contributed by atoms with van der Waals surface area (Å²) in [6.07, 6.45) is 0. The Labute approximate surface area is 184 Å². The number of imidazole rings is 1. The first-order chi connectivity index (χ1) is 15.4. The molecule has 1 N–H and O–H groups in total. The highest BCUT2D eigenvalue weighted by molar-refractivity contribution is 6.07. The van der Waals surface area contributed by atoms with E-state index in [1.165, 1.54) is 6.07 Å². The first kappa shape index (κ1) is 20.3. The number of carbonyl (C=O) groups excluding carboxylic acids is 1. The van der Waals surface area contributed by atoms with Crippen LogP contribution < -0.4 is 15.8 Å². The van der Waals surface area contributed by atoms with Gasteiger partial charge >= 0.3 is 5.63 Å². The Hall–Kier alpha value is -3.65. The quantitative estimate of drug-likeness (QED) is 0.499. The number of aromatic nitrogens is 2. The Morgan fingerprint density at radius 3 is 2.62 bits per heavy atom. The average molecular weight is 432 g/mol. The topological polar surface area (TPSA) is 89.6 Å². The second kappa shape index (κ2) is 7.80. The maximum absolute atomic E-state index is 13.0. The lowest BCUT2D eigenvalue weighted by Crippen LogP contribution is -2.37. The van der Waals surface area contributed by atoms with Gasteiger partial charge < -0.3 is 23.9 Å². The van der Waals surface area contributed by atoms with Gasteiger partial charge in [-0.1, -0.05) is 0 Å². The number of aryl methyl sites for hydroxylation is 3. The number of hydrogen-bond donors (Lipinski definition) is 1. The zero-order valence-electron chi connectivity index (χ0n) is 18.3. The van der Waals surface area contributed by atoms with Gasteiger partial charge in [0, 0.05) is 42.8 Å². The van der Waals surface area contributed by atoms with Gasteiger partial charge in [-0.05, 0) is 55.3 Å². The molecule has 4 aromatic rings. The molecule has 0 spiro atoms. The standard InChI is InChI=1S/C24H24N4O4/c1-14-11-22(29)32-21-10-15(2)18(13-17(14)21)25-23(30)16-4-5-20-19(12-16)26-24(27(20)3)28-6-8-31-9-7-28/h4-5,10-13H,6-9H2,1-3H3,(H,25,30). The lowest BCUT2D eigenvalue weighted by Gasteiger charge is -2.27. The molecule has 0 radical (unpaired) electrons. The summed E-state index contributed by atoms with van der Waals surface area (Å²) in [5.41, 5.74) is 4.69. The van der Waals surface area contributed by atoms with Gasteiger partial charge in [0.25, 0.3) is 5.91 Å². The van der Waals surface area contributed by atoms with Crippen molar-refractivity contribution in [1.82, 2.24) is 9.55 Å². The van der Waals surface area contributed by atoms with Crippen LogP contribution in [-0.2, 0) is 11.8 Å². The highest BCUT2D eigenvalue weighted by atomic mass is 16.5. The summed E-state index contributed by atoms with van der Waals surface area (Å²) < 4.78 is 12.8. The largest absolute Gasteiger partial charge is 0.423 e. The average Bonchev–Trinajstić information content (AvgIpc) is 3.11. The molecule has 1 fully saturated rings. The highest BCUT2D eigenvalue weighted by Gasteiger charge is 2.19. The molecule has 8 heteroatoms. The zero-order chi connectivity index (χ0) is 22.4. The van der Waals surface area contributed by atoms with E-state index in [1.54, 1.807) is 6.07 Å². The molecule has 2 aromatic carbocycles. The van der Waals surface area contributed by atoms with Crippen molar-refractivity contribution < 1.29 is 13.9 Å². The van der Waals surface area contributed by atoms with Crippen LogP contribution in [0.3, 0.4) is 0 Å². The lowest BCUT2D eigenvalue weighted by molar-refractivity contribution is 0.102. The summed E-state index contributed by atoms with van der Waals surface area (Å²) in [6.45, 7) is 6.68. The van der Waals surface area contributed by atoms with Crippen molar-refractivity contribution in [3.05, 3.63) is 63.5 Å². The van der Waals surface area contributed by atoms with E-state index in [0.29, 0.717) is 30.0 Å². The minimum Gasteiger partial charge on any atom is -0.423 e. The van der Waals surface area contributed by atoms with E-state index in [0.717, 1.165) is 46.6 Å². The summed E-state index contributed by atoms with van der Waals surface area (Å²) in [6, 6.07) is 10.6. The maximum atomic E-state index is 13.0. The van der Waals surface area contributed by atoms with Crippen molar-refractivity contribution in [3.8, 4) is 0 Å². The summed E-state index contributed by atoms with van der Waals surface area (Å²) >= 11 is 0. The molecule has 5 rings (SSSR count). The Balaban J connectivity index is 1.46. The SMILES string of the molecule is Cc1cc2oc(=O)cc(C)c2cc1NC(=O)c1ccc2c(c1)nc(N1CCOCC1)n2C. The molecule has 0 aliphatic carbocycles. The number of nitrogens with zero attached hydrogens (tertiary/aromatic N) is 3. The number of fused-ring (bicyclic) bond motifs is 2. The highest BCUT2D eigenvalue weighted by Crippen LogP contribution is 2.27. The Kier molecular flexibility index (Phi) is 4.94. The minimum atomic E-state index is -0.383. The molecule has 3 heterocycles. The van der Waals surface area contributed by atoms with Gasteiger partial charge in [0.2, 0.25) is 5.95 Å². The molecule has 0 saturated carbocycles. The molecule has 0 bridgehead atoms. The summed E-state index contributed by atoms with van der Waals surface area (Å²) in [5.74, 6) is 0.658. The van der Waals surface area contributed by atoms with Crippen molar-refractivity contribution in [2.75, 3.05) is 36.5 Å². The number of amides is 1. The molecule has 8 nitrogen and oxygen atoms in total. The molecule has 0 unspecified atom stereocenters. The fourth-order valence-corrected chi connectivity index (χ4v) is 4.17. The van der Waals surface area contributed by atoms with Gasteiger partial charge in [-0.3, -0.25) is 4.79 Å². The van der Waals surface area contributed by atoms with Crippen LogP contribution in [0.1, 0.15) is 21.5 Å². The summed E-state index contributed by atoms with van der Waals surface area (Å²) in [7, 11) is 1.99. The number of nitrogens with one attached hydrogen (secondary N) is 1. The fourth-order valence-electron chi connectivity index (χ4n) is 4.17. The van der Waals surface area contributed by atoms with Crippen LogP contribution >= 0.6 is 0 Å². The van der Waals surface area contributed by atoms with Gasteiger partial charge in [-0.25, -0.2) is 9.78 Å². The zero-order valence-corrected chi connectivity index (χ0v) is 18.3. The minimum absolute atomic E-state index is 0.219. The van der Waals surface area contributed by atoms with Gasteiger partial charge in [0.1, 0.15) is 5.58 Å². The molecule has 0 atom stereocenters. The van der Waals surface area contributed by atoms with Crippen molar-refractivity contribution in [2.24, 2.45) is 7.05 Å². The van der Waals surface area contributed by atoms with Crippen LogP contribution in [0.5, 0.6) is 0 Å². The third kappa shape index (κ3) is 3.52. The smallest absolute Gasteiger partial charge is 0.336 e. The van der Waals surface area contributed by atoms with E-state index in [9.17, 15) is 9.59 Å². The van der Waals surface area contributed by atoms with E-state index in [2.05, 4.69) is 10.2 Å². The van der Waals surface area contributed by atoms with Crippen molar-refractivity contribution in [2.45, 2.75) is 13.8 Å². The molecular formula is C24H24N4O4. The van der Waals surface area contributed by atoms with Gasteiger partial charge in [-0.15, -0.1) is 0 Å². The second-order valence-corrected chi connectivity index (χ2v) is 8.14. The van der Waals surface area contributed by atoms with Crippen LogP contribution in [0, 0.1) is 13.8 Å². The first-order valence-electron chi connectivity index (χ1n) is 10.6. The first-order valence-corrected chi connectivity index (χ1v) is 10.6. The predicted octanol–water partition coefficient (Wildman–Crippen LogP) is 3.39. The van der Waals surface area contributed by atoms with Crippen LogP contribution in [0.2, 0.25) is 0 Å². The van der Waals surface area contributed by atoms with Gasteiger partial charge in [0.15, 0.2) is 0 Å². The molecule has 1 aliphatic rings. The number of anilines is 2. The monoisotopic (exact) mass is 432 g/mol. The molecule has 2 aromatic heterocycles. The Morgan fingerprint density at radius 2 is 1.84 bits per heavy atom. The van der Waals surface area contributed by atoms with Gasteiger partial charge in [0.05, 0.1) is 24.2 Å². The van der Waals surface area contributed by atoms with Crippen LogP contribution in [-0.4, -0.2) is 41.8 Å². The number of carbonyl (C=O) groups is 1. The normalized spacial score (nSPS) is 14.3. The molecule has 164 valence electrons. The van der Waals surface area contributed by atoms with Crippen molar-refractivity contribution >= 4 is 39.5 Å². The summed E-state index contributed by atoms with van der Waals surface area (Å²) in [4.78, 5) is 31.6. The van der Waals surface area contributed by atoms with E-state index in [-0.39, 0.29) is 11.5 Å². The lowest BCUT2D eigenvalue weighted by atomic mass is 10.1. The number of rotatable bonds is 3. The number of benzene rings is 2. The maximum Gasteiger partial charge on any atom is 0.336 e. The van der Waals surface area contributed by atoms with Crippen molar-refractivity contribution in [1.29, 1.82) is 0 Å². The Morgan fingerprint density at radius 1 is 1.06 bits per heavy atom. The number of hydrogen-bond acceptors (Lipinski definition) is 6. The van der Waals surface area contributed by atoms with Crippen LogP contribution in [0.25, 0.3) is 22.0 Å². The third-order valence-corrected chi connectivity index (χ3v) is 5.96. The summed E-state index contributed by atoms with van der Waals surface area (Å²) in [5, 5.41) is 3.78. The molecule has 32 heavy (non-hydrogen) atoms. The molecular weight excluding hydrogens is 408 g/mol. The van der Waals surface area contributed by atoms with E-state index in [1.807, 2.05) is 49.7 Å². The molecule has 1 amide bonds. The molecule has 1 saturated heterocycles. The van der Waals surface area contributed by atoms with E-state index >= 15 is 0 Å². The number of ether oxygens (including phenoxy) is 1. The predicted molar refractivity (Wildman–Crippen MR) is 124 cm³/mol. The second-order valence-electron chi connectivity index (χ2n) is 8.14. The van der Waals surface area contributed by atoms with E-state index in [4.69, 9.17) is 14.1 Å². The van der Waals surface area contributed by atoms with Crippen molar-refractivity contribution in [3.63, 3.8) is 0 Å². The Bertz CT molecular complexity index is 1410. The number of morpholine rings is 1. The van der Waals surface area contributed by atoms with E-state index < -0.39 is 0 Å². The third-order valence-electron chi connectivity index (χ3n) is 5.96. The van der Waals surface area contributed by atoms with Crippen LogP contribution in [0.4, 0.5) is 11.6 Å².